The van der Waals surface area contributed by atoms with Gasteiger partial charge in [0.05, 0.1) is 23.8 Å². The third-order valence-electron chi connectivity index (χ3n) is 5.98. The number of hydrogen-bond donors (Lipinski definition) is 2. The summed E-state index contributed by atoms with van der Waals surface area (Å²) in [6, 6.07) is 12.7. The van der Waals surface area contributed by atoms with Crippen LogP contribution < -0.4 is 0 Å². The fraction of sp³-hybridized carbons (Fsp3) is 0.333. The summed E-state index contributed by atoms with van der Waals surface area (Å²) in [4.78, 5) is 18.4. The Morgan fingerprint density at radius 1 is 1.20 bits per heavy atom. The van der Waals surface area contributed by atoms with Crippen LogP contribution in [-0.4, -0.2) is 37.5 Å². The summed E-state index contributed by atoms with van der Waals surface area (Å²) in [5, 5.41) is 22.8. The number of aliphatic imine (C=N–C) groups is 1. The molecule has 0 spiro atoms. The maximum Gasteiger partial charge on any atom is 0.304 e. The summed E-state index contributed by atoms with van der Waals surface area (Å²) in [5.41, 5.74) is 1.48. The SMILES string of the molecule is Br.O=C(O)C[C@@H]1SC2=NC3c4ccc(Cl)cc4CCC3N2[C@@]1(O)c1ccc(Cl)cc1. The molecule has 1 fully saturated rings. The van der Waals surface area contributed by atoms with E-state index < -0.39 is 16.9 Å². The number of aryl methyl sites for hydroxylation is 1. The van der Waals surface area contributed by atoms with Crippen LogP contribution in [0.3, 0.4) is 0 Å². The number of hydrogen-bond acceptors (Lipinski definition) is 5. The molecule has 0 saturated carbocycles. The second kappa shape index (κ2) is 8.02. The Balaban J connectivity index is 0.00000218. The van der Waals surface area contributed by atoms with Crippen LogP contribution in [0.25, 0.3) is 0 Å². The molecule has 2 heterocycles. The second-order valence-corrected chi connectivity index (χ2v) is 9.66. The maximum atomic E-state index is 12.0. The van der Waals surface area contributed by atoms with Crippen LogP contribution in [-0.2, 0) is 16.9 Å². The molecule has 0 amide bonds. The second-order valence-electron chi connectivity index (χ2n) is 7.61. The first-order valence-corrected chi connectivity index (χ1v) is 11.0. The van der Waals surface area contributed by atoms with E-state index in [1.54, 1.807) is 24.3 Å². The number of carboxylic acid groups (broad SMARTS) is 1. The van der Waals surface area contributed by atoms with Crippen LogP contribution in [0.5, 0.6) is 0 Å². The maximum absolute atomic E-state index is 12.0. The molecule has 0 aromatic heterocycles. The monoisotopic (exact) mass is 528 g/mol. The van der Waals surface area contributed by atoms with Gasteiger partial charge in [-0.1, -0.05) is 53.2 Å². The van der Waals surface area contributed by atoms with Crippen LogP contribution in [0.2, 0.25) is 10.0 Å². The topological polar surface area (TPSA) is 73.1 Å². The van der Waals surface area contributed by atoms with Gasteiger partial charge >= 0.3 is 5.97 Å². The summed E-state index contributed by atoms with van der Waals surface area (Å²) in [5.74, 6) is -0.947. The van der Waals surface area contributed by atoms with Gasteiger partial charge < -0.3 is 15.1 Å². The summed E-state index contributed by atoms with van der Waals surface area (Å²) in [7, 11) is 0. The molecule has 5 rings (SSSR count). The van der Waals surface area contributed by atoms with Crippen LogP contribution in [0, 0.1) is 0 Å². The fourth-order valence-electron chi connectivity index (χ4n) is 4.71. The lowest BCUT2D eigenvalue weighted by Crippen LogP contribution is -2.53. The first-order valence-electron chi connectivity index (χ1n) is 9.40. The van der Waals surface area contributed by atoms with Gasteiger partial charge in [0, 0.05) is 15.6 Å². The molecule has 2 N–H and O–H groups in total. The zero-order valence-electron chi connectivity index (χ0n) is 15.7. The van der Waals surface area contributed by atoms with Gasteiger partial charge in [0.15, 0.2) is 10.9 Å². The van der Waals surface area contributed by atoms with Crippen molar-refractivity contribution in [2.75, 3.05) is 0 Å². The van der Waals surface area contributed by atoms with E-state index in [0.29, 0.717) is 20.8 Å². The minimum atomic E-state index is -1.46. The molecule has 1 aliphatic carbocycles. The molecule has 4 atom stereocenters. The highest BCUT2D eigenvalue weighted by Crippen LogP contribution is 2.55. The van der Waals surface area contributed by atoms with Crippen LogP contribution in [0.15, 0.2) is 47.5 Å². The van der Waals surface area contributed by atoms with Gasteiger partial charge in [-0.2, -0.15) is 0 Å². The molecule has 0 bridgehead atoms. The highest BCUT2D eigenvalue weighted by atomic mass is 79.9. The number of aliphatic carboxylic acids is 1. The first-order chi connectivity index (χ1) is 13.9. The van der Waals surface area contributed by atoms with Crippen molar-refractivity contribution in [3.63, 3.8) is 0 Å². The van der Waals surface area contributed by atoms with E-state index in [4.69, 9.17) is 28.2 Å². The third kappa shape index (κ3) is 3.35. The van der Waals surface area contributed by atoms with E-state index in [1.807, 2.05) is 23.1 Å². The van der Waals surface area contributed by atoms with Crippen molar-refractivity contribution in [2.24, 2.45) is 4.99 Å². The van der Waals surface area contributed by atoms with Gasteiger partial charge in [-0.15, -0.1) is 17.0 Å². The largest absolute Gasteiger partial charge is 0.481 e. The number of carbonyl (C=O) groups is 1. The average Bonchev–Trinajstić information content (AvgIpc) is 3.17. The number of benzene rings is 2. The van der Waals surface area contributed by atoms with E-state index in [-0.39, 0.29) is 35.5 Å². The Morgan fingerprint density at radius 2 is 1.90 bits per heavy atom. The average molecular weight is 530 g/mol. The number of carboxylic acids is 1. The highest BCUT2D eigenvalue weighted by Gasteiger charge is 2.59. The van der Waals surface area contributed by atoms with Crippen molar-refractivity contribution in [3.05, 3.63) is 69.2 Å². The predicted octanol–water partition coefficient (Wildman–Crippen LogP) is 5.03. The minimum absolute atomic E-state index is 0. The molecular weight excluding hydrogens is 511 g/mol. The molecule has 9 heteroatoms. The molecule has 2 unspecified atom stereocenters. The summed E-state index contributed by atoms with van der Waals surface area (Å²) < 4.78 is 0. The lowest BCUT2D eigenvalue weighted by molar-refractivity contribution is -0.141. The smallest absolute Gasteiger partial charge is 0.304 e. The van der Waals surface area contributed by atoms with Crippen LogP contribution in [0.4, 0.5) is 0 Å². The predicted molar refractivity (Wildman–Crippen MR) is 125 cm³/mol. The molecule has 0 radical (unpaired) electrons. The van der Waals surface area contributed by atoms with Crippen molar-refractivity contribution in [3.8, 4) is 0 Å². The molecule has 2 aromatic rings. The number of thioether (sulfide) groups is 1. The summed E-state index contributed by atoms with van der Waals surface area (Å²) in [6.07, 6.45) is 1.48. The summed E-state index contributed by atoms with van der Waals surface area (Å²) in [6.45, 7) is 0. The summed E-state index contributed by atoms with van der Waals surface area (Å²) >= 11 is 13.6. The molecule has 5 nitrogen and oxygen atoms in total. The molecule has 2 aliphatic heterocycles. The van der Waals surface area contributed by atoms with E-state index in [9.17, 15) is 15.0 Å². The van der Waals surface area contributed by atoms with E-state index in [0.717, 1.165) is 18.4 Å². The van der Waals surface area contributed by atoms with Gasteiger partial charge in [0.2, 0.25) is 0 Å². The Labute approximate surface area is 198 Å². The molecule has 1 saturated heterocycles. The number of halogens is 3. The Hall–Kier alpha value is -1.25. The quantitative estimate of drug-likeness (QED) is 0.583. The number of aliphatic hydroxyl groups is 1. The van der Waals surface area contributed by atoms with Gasteiger partial charge in [-0.3, -0.25) is 9.79 Å². The van der Waals surface area contributed by atoms with Crippen molar-refractivity contribution < 1.29 is 15.0 Å². The zero-order valence-corrected chi connectivity index (χ0v) is 19.7. The lowest BCUT2D eigenvalue weighted by Gasteiger charge is -2.42. The molecule has 2 aromatic carbocycles. The fourth-order valence-corrected chi connectivity index (χ4v) is 6.49. The molecular formula is C21H19BrCl2N2O3S. The Bertz CT molecular complexity index is 1040. The number of amidine groups is 1. The van der Waals surface area contributed by atoms with Gasteiger partial charge in [-0.25, -0.2) is 0 Å². The van der Waals surface area contributed by atoms with E-state index in [2.05, 4.69) is 0 Å². The standard InChI is InChI=1S/C21H18Cl2N2O3S.BrH/c22-13-4-2-12(3-5-13)21(28)17(10-18(26)27)29-20-24-19-15-7-6-14(23)9-11(15)1-8-16(19)25(20)21;/h2-7,9,16-17,19,28H,1,8,10H2,(H,26,27);1H/t16?,17-,19?,21+;/m0./s1. The normalized spacial score (nSPS) is 28.8. The Kier molecular flexibility index (Phi) is 5.87. The molecule has 158 valence electrons. The zero-order chi connectivity index (χ0) is 20.3. The van der Waals surface area contributed by atoms with E-state index >= 15 is 0 Å². The molecule has 30 heavy (non-hydrogen) atoms. The lowest BCUT2D eigenvalue weighted by atomic mass is 9.82. The van der Waals surface area contributed by atoms with Crippen molar-refractivity contribution >= 4 is 63.1 Å². The van der Waals surface area contributed by atoms with Gasteiger partial charge in [-0.05, 0) is 48.2 Å². The van der Waals surface area contributed by atoms with Crippen molar-refractivity contribution in [1.82, 2.24) is 4.90 Å². The van der Waals surface area contributed by atoms with Gasteiger partial charge in [0.1, 0.15) is 0 Å². The van der Waals surface area contributed by atoms with Gasteiger partial charge in [0.25, 0.3) is 0 Å². The van der Waals surface area contributed by atoms with Crippen molar-refractivity contribution in [2.45, 2.75) is 42.3 Å². The molecule has 3 aliphatic rings. The Morgan fingerprint density at radius 3 is 2.60 bits per heavy atom. The number of rotatable bonds is 3. The van der Waals surface area contributed by atoms with Crippen LogP contribution in [0.1, 0.15) is 35.6 Å². The van der Waals surface area contributed by atoms with Crippen molar-refractivity contribution in [1.29, 1.82) is 0 Å². The first kappa shape index (κ1) is 22.0. The van der Waals surface area contributed by atoms with Crippen LogP contribution >= 0.6 is 51.9 Å². The minimum Gasteiger partial charge on any atom is -0.481 e. The number of fused-ring (bicyclic) bond motifs is 5. The van der Waals surface area contributed by atoms with E-state index in [1.165, 1.54) is 17.3 Å². The third-order valence-corrected chi connectivity index (χ3v) is 7.76. The highest BCUT2D eigenvalue weighted by molar-refractivity contribution is 8.93. The number of nitrogens with zero attached hydrogens (tertiary/aromatic N) is 2.